The van der Waals surface area contributed by atoms with E-state index in [4.69, 9.17) is 8.92 Å². The average Bonchev–Trinajstić information content (AvgIpc) is 3.07. The number of anilines is 1. The number of hydrogen-bond acceptors (Lipinski definition) is 10. The van der Waals surface area contributed by atoms with Crippen LogP contribution in [0, 0.1) is 10.1 Å². The fourth-order valence-corrected chi connectivity index (χ4v) is 4.43. The molecule has 1 N–H and O–H groups in total. The monoisotopic (exact) mass is 453 g/mol. The number of carbonyl (C=O) groups excluding carboxylic acids is 1. The van der Waals surface area contributed by atoms with Crippen molar-refractivity contribution in [2.75, 3.05) is 18.2 Å². The molecule has 0 bridgehead atoms. The van der Waals surface area contributed by atoms with Gasteiger partial charge in [-0.3, -0.25) is 14.3 Å². The molecule has 2 aromatic rings. The van der Waals surface area contributed by atoms with Crippen molar-refractivity contribution >= 4 is 38.3 Å². The number of nitrogens with one attached hydrogen (secondary N) is 1. The van der Waals surface area contributed by atoms with E-state index in [0.717, 1.165) is 17.8 Å². The Morgan fingerprint density at radius 3 is 2.77 bits per heavy atom. The van der Waals surface area contributed by atoms with Gasteiger partial charge in [0.2, 0.25) is 0 Å². The second-order valence-electron chi connectivity index (χ2n) is 6.51. The molecular weight excluding hydrogens is 434 g/mol. The lowest BCUT2D eigenvalue weighted by Crippen LogP contribution is -2.24. The third-order valence-corrected chi connectivity index (χ3v) is 5.77. The zero-order chi connectivity index (χ0) is 22.1. The van der Waals surface area contributed by atoms with Gasteiger partial charge in [0.15, 0.2) is 0 Å². The van der Waals surface area contributed by atoms with E-state index >= 15 is 0 Å². The van der Waals surface area contributed by atoms with Gasteiger partial charge >= 0.3 is 5.97 Å². The Labute approximate surface area is 177 Å². The highest BCUT2D eigenvalue weighted by molar-refractivity contribution is 7.85. The van der Waals surface area contributed by atoms with Gasteiger partial charge in [-0.05, 0) is 30.9 Å². The number of nitrogens with zero attached hydrogens (tertiary/aromatic N) is 2. The molecule has 1 aliphatic rings. The summed E-state index contributed by atoms with van der Waals surface area (Å²) in [6.45, 7) is 3.20. The fraction of sp³-hybridized carbons (Fsp3) is 0.333. The van der Waals surface area contributed by atoms with Crippen molar-refractivity contribution in [1.29, 1.82) is 0 Å². The van der Waals surface area contributed by atoms with Gasteiger partial charge in [-0.1, -0.05) is 12.1 Å². The first kappa shape index (κ1) is 21.9. The van der Waals surface area contributed by atoms with Crippen molar-refractivity contribution in [3.8, 4) is 0 Å². The Kier molecular flexibility index (Phi) is 6.19. The molecule has 30 heavy (non-hydrogen) atoms. The van der Waals surface area contributed by atoms with Crippen LogP contribution in [-0.4, -0.2) is 36.5 Å². The average molecular weight is 453 g/mol. The molecular formula is C18H19N3O7S2. The molecule has 1 aromatic carbocycles. The van der Waals surface area contributed by atoms with Crippen LogP contribution >= 0.6 is 11.5 Å². The molecule has 1 atom stereocenters. The highest BCUT2D eigenvalue weighted by atomic mass is 32.2. The number of benzene rings is 1. The topological polar surface area (TPSA) is 138 Å². The third-order valence-electron chi connectivity index (χ3n) is 4.40. The van der Waals surface area contributed by atoms with Crippen LogP contribution in [0.4, 0.5) is 10.7 Å². The fourth-order valence-electron chi connectivity index (χ4n) is 3.21. The first-order valence-electron chi connectivity index (χ1n) is 8.84. The van der Waals surface area contributed by atoms with E-state index in [9.17, 15) is 23.3 Å². The lowest BCUT2D eigenvalue weighted by atomic mass is 9.81. The number of ether oxygens (including phenoxy) is 1. The normalized spacial score (nSPS) is 16.0. The van der Waals surface area contributed by atoms with Gasteiger partial charge in [0.1, 0.15) is 11.6 Å². The number of rotatable bonds is 7. The van der Waals surface area contributed by atoms with Crippen molar-refractivity contribution in [2.45, 2.75) is 26.4 Å². The third kappa shape index (κ3) is 4.50. The van der Waals surface area contributed by atoms with Crippen molar-refractivity contribution in [3.05, 3.63) is 62.5 Å². The van der Waals surface area contributed by atoms with E-state index in [-0.39, 0.29) is 24.5 Å². The predicted molar refractivity (Wildman–Crippen MR) is 110 cm³/mol. The summed E-state index contributed by atoms with van der Waals surface area (Å²) in [6.07, 6.45) is 0.927. The summed E-state index contributed by atoms with van der Waals surface area (Å²) >= 11 is 1.09. The molecule has 10 nitrogen and oxygen atoms in total. The number of aromatic nitrogens is 1. The van der Waals surface area contributed by atoms with Crippen molar-refractivity contribution in [1.82, 2.24) is 4.37 Å². The minimum Gasteiger partial charge on any atom is -0.463 e. The Morgan fingerprint density at radius 2 is 2.13 bits per heavy atom. The molecule has 1 unspecified atom stereocenters. The second-order valence-corrected chi connectivity index (χ2v) is 8.92. The zero-order valence-corrected chi connectivity index (χ0v) is 18.0. The highest BCUT2D eigenvalue weighted by Crippen LogP contribution is 2.46. The summed E-state index contributed by atoms with van der Waals surface area (Å²) in [7, 11) is -3.72. The van der Waals surface area contributed by atoms with Crippen LogP contribution in [0.2, 0.25) is 0 Å². The lowest BCUT2D eigenvalue weighted by molar-refractivity contribution is -0.384. The van der Waals surface area contributed by atoms with Crippen molar-refractivity contribution in [3.63, 3.8) is 0 Å². The standard InChI is InChI=1S/C18H19N3O7S2/c1-4-27-18(22)14-10(2)19-17-16(13(20-29-17)9-28-30(3,25)26)15(14)11-6-5-7-12(8-11)21(23)24/h5-8,15,19H,4,9H2,1-3H3. The largest absolute Gasteiger partial charge is 0.463 e. The van der Waals surface area contributed by atoms with E-state index in [1.165, 1.54) is 18.2 Å². The van der Waals surface area contributed by atoms with Gasteiger partial charge in [-0.15, -0.1) is 0 Å². The van der Waals surface area contributed by atoms with E-state index < -0.39 is 26.9 Å². The summed E-state index contributed by atoms with van der Waals surface area (Å²) in [6, 6.07) is 5.93. The van der Waals surface area contributed by atoms with Gasteiger partial charge in [0.05, 0.1) is 29.1 Å². The Balaban J connectivity index is 2.18. The molecule has 1 aliphatic heterocycles. The maximum Gasteiger partial charge on any atom is 0.336 e. The lowest BCUT2D eigenvalue weighted by Gasteiger charge is -2.28. The molecule has 0 radical (unpaired) electrons. The van der Waals surface area contributed by atoms with E-state index in [1.54, 1.807) is 19.9 Å². The van der Waals surface area contributed by atoms with Gasteiger partial charge in [0.25, 0.3) is 15.8 Å². The number of fused-ring (bicyclic) bond motifs is 1. The summed E-state index contributed by atoms with van der Waals surface area (Å²) in [5, 5.41) is 15.0. The number of non-ortho nitro benzene ring substituents is 1. The smallest absolute Gasteiger partial charge is 0.336 e. The van der Waals surface area contributed by atoms with Crippen LogP contribution in [0.3, 0.4) is 0 Å². The second kappa shape index (κ2) is 8.50. The Hall–Kier alpha value is -2.83. The molecule has 0 spiro atoms. The number of esters is 1. The number of hydrogen-bond donors (Lipinski definition) is 1. The summed E-state index contributed by atoms with van der Waals surface area (Å²) < 4.78 is 37.3. The summed E-state index contributed by atoms with van der Waals surface area (Å²) in [5.41, 5.74) is 1.99. The first-order valence-corrected chi connectivity index (χ1v) is 11.4. The molecule has 12 heteroatoms. The van der Waals surface area contributed by atoms with E-state index in [0.29, 0.717) is 27.5 Å². The first-order chi connectivity index (χ1) is 14.1. The van der Waals surface area contributed by atoms with Gasteiger partial charge in [-0.2, -0.15) is 12.8 Å². The molecule has 0 aliphatic carbocycles. The number of nitro groups is 1. The quantitative estimate of drug-likeness (QED) is 0.290. The molecule has 0 saturated carbocycles. The predicted octanol–water partition coefficient (Wildman–Crippen LogP) is 2.92. The summed E-state index contributed by atoms with van der Waals surface area (Å²) in [4.78, 5) is 23.5. The molecule has 0 fully saturated rings. The van der Waals surface area contributed by atoms with Crippen LogP contribution in [0.5, 0.6) is 0 Å². The molecule has 2 heterocycles. The maximum absolute atomic E-state index is 12.8. The molecule has 3 rings (SSSR count). The molecule has 1 aromatic heterocycles. The Morgan fingerprint density at radius 1 is 1.40 bits per heavy atom. The van der Waals surface area contributed by atoms with Crippen LogP contribution in [0.1, 0.15) is 36.6 Å². The van der Waals surface area contributed by atoms with Crippen molar-refractivity contribution < 1.29 is 27.1 Å². The minimum absolute atomic E-state index is 0.134. The zero-order valence-electron chi connectivity index (χ0n) is 16.4. The van der Waals surface area contributed by atoms with Crippen LogP contribution in [-0.2, 0) is 30.4 Å². The van der Waals surface area contributed by atoms with Crippen LogP contribution in [0.15, 0.2) is 35.5 Å². The summed E-state index contributed by atoms with van der Waals surface area (Å²) in [5.74, 6) is -1.32. The van der Waals surface area contributed by atoms with Gasteiger partial charge in [0, 0.05) is 29.3 Å². The molecule has 160 valence electrons. The van der Waals surface area contributed by atoms with E-state index in [2.05, 4.69) is 9.69 Å². The van der Waals surface area contributed by atoms with Crippen LogP contribution < -0.4 is 5.32 Å². The Bertz CT molecular complexity index is 1140. The van der Waals surface area contributed by atoms with Gasteiger partial charge < -0.3 is 10.1 Å². The van der Waals surface area contributed by atoms with Gasteiger partial charge in [-0.25, -0.2) is 4.79 Å². The minimum atomic E-state index is -3.72. The SMILES string of the molecule is CCOC(=O)C1=C(C)Nc2snc(COS(C)(=O)=O)c2C1c1cccc([N+](=O)[O-])c1. The maximum atomic E-state index is 12.8. The molecule has 0 saturated heterocycles. The van der Waals surface area contributed by atoms with Crippen LogP contribution in [0.25, 0.3) is 0 Å². The number of nitro benzene ring substituents is 1. The number of allylic oxidation sites excluding steroid dienone is 1. The highest BCUT2D eigenvalue weighted by Gasteiger charge is 2.37. The number of carbonyl (C=O) groups is 1. The van der Waals surface area contributed by atoms with Crippen molar-refractivity contribution in [2.24, 2.45) is 0 Å². The van der Waals surface area contributed by atoms with E-state index in [1.807, 2.05) is 0 Å². The molecule has 0 amide bonds.